The van der Waals surface area contributed by atoms with Crippen molar-refractivity contribution in [3.8, 4) is 11.3 Å². The van der Waals surface area contributed by atoms with E-state index in [1.54, 1.807) is 20.8 Å². The zero-order valence-corrected chi connectivity index (χ0v) is 16.4. The van der Waals surface area contributed by atoms with Crippen LogP contribution >= 0.6 is 0 Å². The first-order valence-corrected chi connectivity index (χ1v) is 8.99. The van der Waals surface area contributed by atoms with Gasteiger partial charge >= 0.3 is 18.4 Å². The van der Waals surface area contributed by atoms with Gasteiger partial charge in [0.25, 0.3) is 0 Å². The van der Waals surface area contributed by atoms with E-state index < -0.39 is 46.7 Å². The first-order chi connectivity index (χ1) is 13.7. The van der Waals surface area contributed by atoms with E-state index in [0.717, 1.165) is 27.7 Å². The lowest BCUT2D eigenvalue weighted by Crippen LogP contribution is -2.42. The molecule has 1 amide bonds. The number of benzene rings is 1. The van der Waals surface area contributed by atoms with E-state index in [4.69, 9.17) is 4.74 Å². The van der Waals surface area contributed by atoms with E-state index in [-0.39, 0.29) is 25.3 Å². The molecule has 0 spiro atoms. The Morgan fingerprint density at radius 1 is 1.00 bits per heavy atom. The molecule has 3 rings (SSSR count). The average molecular weight is 435 g/mol. The largest absolute Gasteiger partial charge is 0.449 e. The Morgan fingerprint density at radius 3 is 2.20 bits per heavy atom. The van der Waals surface area contributed by atoms with Crippen LogP contribution in [-0.4, -0.2) is 32.7 Å². The fourth-order valence-electron chi connectivity index (χ4n) is 3.22. The molecule has 1 aromatic carbocycles. The van der Waals surface area contributed by atoms with Crippen LogP contribution in [0.2, 0.25) is 0 Å². The third-order valence-electron chi connectivity index (χ3n) is 4.40. The molecule has 0 aliphatic carbocycles. The fourth-order valence-corrected chi connectivity index (χ4v) is 3.22. The summed E-state index contributed by atoms with van der Waals surface area (Å²) in [5.74, 6) is -1.30. The van der Waals surface area contributed by atoms with Crippen LogP contribution in [0.1, 0.15) is 37.9 Å². The number of hydrogen-bond donors (Lipinski definition) is 0. The van der Waals surface area contributed by atoms with Gasteiger partial charge in [-0.25, -0.2) is 9.78 Å². The van der Waals surface area contributed by atoms with Crippen molar-refractivity contribution < 1.29 is 35.9 Å². The summed E-state index contributed by atoms with van der Waals surface area (Å²) in [6.45, 7) is 4.16. The summed E-state index contributed by atoms with van der Waals surface area (Å²) in [6, 6.07) is 4.28. The topological polar surface area (TPSA) is 47.4 Å². The maximum absolute atomic E-state index is 13.5. The minimum absolute atomic E-state index is 0.0955. The number of amides is 1. The molecule has 0 saturated carbocycles. The Labute approximate surface area is 168 Å². The maximum atomic E-state index is 13.5. The van der Waals surface area contributed by atoms with Crippen LogP contribution in [0.4, 0.5) is 31.1 Å². The Morgan fingerprint density at radius 2 is 1.63 bits per heavy atom. The summed E-state index contributed by atoms with van der Waals surface area (Å²) in [4.78, 5) is 17.1. The van der Waals surface area contributed by atoms with Crippen molar-refractivity contribution in [2.45, 2.75) is 51.8 Å². The Kier molecular flexibility index (Phi) is 5.28. The summed E-state index contributed by atoms with van der Waals surface area (Å²) >= 11 is 0. The summed E-state index contributed by atoms with van der Waals surface area (Å²) in [5.41, 5.74) is -3.00. The summed E-state index contributed by atoms with van der Waals surface area (Å²) < 4.78 is 87.0. The lowest BCUT2D eigenvalue weighted by atomic mass is 10.0. The molecule has 0 fully saturated rings. The molecule has 30 heavy (non-hydrogen) atoms. The van der Waals surface area contributed by atoms with Gasteiger partial charge in [-0.2, -0.15) is 26.3 Å². The standard InChI is InChI=1S/C19H19F6N3O2/c1-17(2,3)30-16(29)27-8-9-28-13(10-27)14(26-15(28)19(23,24)25)11-6-4-5-7-12(11)18(20,21)22/h4-7H,8-10H2,1-3H3. The number of ether oxygens (including phenoxy) is 1. The summed E-state index contributed by atoms with van der Waals surface area (Å²) in [6.07, 6.45) is -10.4. The number of carbonyl (C=O) groups excluding carboxylic acids is 1. The SMILES string of the molecule is CC(C)(C)OC(=O)N1CCn2c(C(F)(F)F)nc(-c3ccccc3C(F)(F)F)c2C1. The normalized spacial score (nSPS) is 15.2. The van der Waals surface area contributed by atoms with E-state index in [1.165, 1.54) is 6.07 Å². The van der Waals surface area contributed by atoms with Crippen LogP contribution in [-0.2, 0) is 30.2 Å². The van der Waals surface area contributed by atoms with Gasteiger partial charge in [-0.05, 0) is 26.8 Å². The van der Waals surface area contributed by atoms with Crippen molar-refractivity contribution in [2.75, 3.05) is 6.54 Å². The summed E-state index contributed by atoms with van der Waals surface area (Å²) in [5, 5.41) is 0. The van der Waals surface area contributed by atoms with Crippen molar-refractivity contribution >= 4 is 6.09 Å². The van der Waals surface area contributed by atoms with Gasteiger partial charge in [0.1, 0.15) is 5.60 Å². The van der Waals surface area contributed by atoms with Crippen molar-refractivity contribution in [2.24, 2.45) is 0 Å². The molecule has 0 bridgehead atoms. The number of fused-ring (bicyclic) bond motifs is 1. The predicted molar refractivity (Wildman–Crippen MR) is 94.3 cm³/mol. The Hall–Kier alpha value is -2.72. The van der Waals surface area contributed by atoms with Crippen molar-refractivity contribution in [1.29, 1.82) is 0 Å². The predicted octanol–water partition coefficient (Wildman–Crippen LogP) is 5.34. The molecule has 1 aliphatic rings. The number of halogens is 6. The van der Waals surface area contributed by atoms with Gasteiger partial charge in [-0.3, -0.25) is 0 Å². The maximum Gasteiger partial charge on any atom is 0.449 e. The Bertz CT molecular complexity index is 957. The van der Waals surface area contributed by atoms with Gasteiger partial charge in [-0.15, -0.1) is 0 Å². The van der Waals surface area contributed by atoms with Gasteiger partial charge in [0.05, 0.1) is 23.5 Å². The van der Waals surface area contributed by atoms with Gasteiger partial charge in [0.15, 0.2) is 0 Å². The number of hydrogen-bond acceptors (Lipinski definition) is 3. The molecule has 2 aromatic rings. The first-order valence-electron chi connectivity index (χ1n) is 8.99. The van der Waals surface area contributed by atoms with Gasteiger partial charge in [0.2, 0.25) is 5.82 Å². The monoisotopic (exact) mass is 435 g/mol. The molecule has 2 heterocycles. The second-order valence-corrected chi connectivity index (χ2v) is 7.83. The fraction of sp³-hybridized carbons (Fsp3) is 0.474. The van der Waals surface area contributed by atoms with Crippen molar-refractivity contribution in [3.05, 3.63) is 41.3 Å². The number of nitrogens with zero attached hydrogens (tertiary/aromatic N) is 3. The van der Waals surface area contributed by atoms with Gasteiger partial charge in [0, 0.05) is 18.7 Å². The molecule has 0 radical (unpaired) electrons. The van der Waals surface area contributed by atoms with Gasteiger partial charge < -0.3 is 14.2 Å². The van der Waals surface area contributed by atoms with Crippen LogP contribution < -0.4 is 0 Å². The highest BCUT2D eigenvalue weighted by Gasteiger charge is 2.42. The number of aromatic nitrogens is 2. The van der Waals surface area contributed by atoms with Crippen LogP contribution in [0.15, 0.2) is 24.3 Å². The number of carbonyl (C=O) groups is 1. The Balaban J connectivity index is 2.12. The zero-order chi connectivity index (χ0) is 22.5. The third-order valence-corrected chi connectivity index (χ3v) is 4.40. The van der Waals surface area contributed by atoms with Crippen LogP contribution in [0.3, 0.4) is 0 Å². The molecular weight excluding hydrogens is 416 g/mol. The molecular formula is C19H19F6N3O2. The third kappa shape index (κ3) is 4.39. The molecule has 0 saturated heterocycles. The van der Waals surface area contributed by atoms with Crippen molar-refractivity contribution in [3.63, 3.8) is 0 Å². The number of alkyl halides is 6. The highest BCUT2D eigenvalue weighted by Crippen LogP contribution is 2.41. The first kappa shape index (κ1) is 22.0. The molecule has 1 aromatic heterocycles. The van der Waals surface area contributed by atoms with Crippen molar-refractivity contribution in [1.82, 2.24) is 14.5 Å². The van der Waals surface area contributed by atoms with E-state index in [0.29, 0.717) is 0 Å². The van der Waals surface area contributed by atoms with E-state index in [1.807, 2.05) is 0 Å². The minimum atomic E-state index is -4.87. The number of rotatable bonds is 1. The summed E-state index contributed by atoms with van der Waals surface area (Å²) in [7, 11) is 0. The van der Waals surface area contributed by atoms with Crippen LogP contribution in [0.25, 0.3) is 11.3 Å². The molecule has 164 valence electrons. The zero-order valence-electron chi connectivity index (χ0n) is 16.4. The molecule has 0 unspecified atom stereocenters. The van der Waals surface area contributed by atoms with Crippen LogP contribution in [0, 0.1) is 0 Å². The van der Waals surface area contributed by atoms with E-state index in [9.17, 15) is 31.1 Å². The molecule has 0 N–H and O–H groups in total. The quantitative estimate of drug-likeness (QED) is 0.569. The van der Waals surface area contributed by atoms with Crippen LogP contribution in [0.5, 0.6) is 0 Å². The van der Waals surface area contributed by atoms with Gasteiger partial charge in [-0.1, -0.05) is 18.2 Å². The molecule has 1 aliphatic heterocycles. The van der Waals surface area contributed by atoms with E-state index >= 15 is 0 Å². The number of imidazole rings is 1. The molecule has 0 atom stereocenters. The lowest BCUT2D eigenvalue weighted by Gasteiger charge is -2.31. The lowest BCUT2D eigenvalue weighted by molar-refractivity contribution is -0.147. The average Bonchev–Trinajstić information content (AvgIpc) is 2.98. The molecule has 5 nitrogen and oxygen atoms in total. The smallest absolute Gasteiger partial charge is 0.444 e. The van der Waals surface area contributed by atoms with E-state index in [2.05, 4.69) is 4.98 Å². The second kappa shape index (κ2) is 7.21. The second-order valence-electron chi connectivity index (χ2n) is 7.83. The molecule has 11 heteroatoms. The highest BCUT2D eigenvalue weighted by atomic mass is 19.4. The minimum Gasteiger partial charge on any atom is -0.444 e. The highest BCUT2D eigenvalue weighted by molar-refractivity contribution is 5.71.